The van der Waals surface area contributed by atoms with Gasteiger partial charge in [0.05, 0.1) is 0 Å². The molecule has 5 nitrogen and oxygen atoms in total. The molecular formula is C21H34N4O. The van der Waals surface area contributed by atoms with E-state index in [1.165, 1.54) is 24.8 Å². The van der Waals surface area contributed by atoms with E-state index in [-0.39, 0.29) is 5.91 Å². The first-order chi connectivity index (χ1) is 12.7. The number of carbonyl (C=O) groups is 1. The van der Waals surface area contributed by atoms with Gasteiger partial charge in [-0.15, -0.1) is 0 Å². The topological polar surface area (TPSA) is 56.7 Å². The van der Waals surface area contributed by atoms with E-state index in [1.807, 2.05) is 7.05 Å². The fraction of sp³-hybridized carbons (Fsp3) is 0.619. The Balaban J connectivity index is 1.59. The van der Waals surface area contributed by atoms with Gasteiger partial charge in [-0.3, -0.25) is 9.79 Å². The highest BCUT2D eigenvalue weighted by molar-refractivity contribution is 5.80. The van der Waals surface area contributed by atoms with E-state index in [2.05, 4.69) is 50.9 Å². The standard InChI is InChI=1S/C21H34N4O/c1-22-20(26)17-19-12-15-25(16-13-19)21(23-2)24-14-8-4-7-11-18-9-5-3-6-10-18/h3,5-6,9-10,19H,4,7-8,11-17H2,1-2H3,(H,22,26)(H,23,24). The van der Waals surface area contributed by atoms with Crippen molar-refractivity contribution >= 4 is 11.9 Å². The Bertz CT molecular complexity index is 550. The molecule has 0 unspecified atom stereocenters. The molecular weight excluding hydrogens is 324 g/mol. The number of piperidine rings is 1. The van der Waals surface area contributed by atoms with Crippen LogP contribution in [0.3, 0.4) is 0 Å². The smallest absolute Gasteiger partial charge is 0.220 e. The van der Waals surface area contributed by atoms with Gasteiger partial charge in [-0.05, 0) is 43.6 Å². The molecule has 2 rings (SSSR count). The summed E-state index contributed by atoms with van der Waals surface area (Å²) in [5.41, 5.74) is 1.43. The molecule has 0 radical (unpaired) electrons. The summed E-state index contributed by atoms with van der Waals surface area (Å²) in [6.45, 7) is 2.93. The lowest BCUT2D eigenvalue weighted by atomic mass is 9.93. The first kappa shape index (κ1) is 20.3. The number of carbonyl (C=O) groups excluding carboxylic acids is 1. The molecule has 1 aliphatic rings. The lowest BCUT2D eigenvalue weighted by Crippen LogP contribution is -2.46. The fourth-order valence-electron chi connectivity index (χ4n) is 3.52. The van der Waals surface area contributed by atoms with Crippen LogP contribution in [0.2, 0.25) is 0 Å². The molecule has 0 aromatic heterocycles. The summed E-state index contributed by atoms with van der Waals surface area (Å²) in [4.78, 5) is 18.3. The van der Waals surface area contributed by atoms with E-state index >= 15 is 0 Å². The van der Waals surface area contributed by atoms with Gasteiger partial charge in [-0.1, -0.05) is 36.8 Å². The Morgan fingerprint density at radius 1 is 1.15 bits per heavy atom. The van der Waals surface area contributed by atoms with Crippen molar-refractivity contribution in [3.63, 3.8) is 0 Å². The molecule has 1 saturated heterocycles. The van der Waals surface area contributed by atoms with E-state index in [0.29, 0.717) is 12.3 Å². The van der Waals surface area contributed by atoms with Gasteiger partial charge in [-0.2, -0.15) is 0 Å². The first-order valence-corrected chi connectivity index (χ1v) is 9.93. The third-order valence-corrected chi connectivity index (χ3v) is 5.15. The number of hydrogen-bond donors (Lipinski definition) is 2. The molecule has 2 N–H and O–H groups in total. The molecule has 1 fully saturated rings. The van der Waals surface area contributed by atoms with Crippen LogP contribution in [0.15, 0.2) is 35.3 Å². The number of likely N-dealkylation sites (tertiary alicyclic amines) is 1. The van der Waals surface area contributed by atoms with Crippen molar-refractivity contribution in [1.82, 2.24) is 15.5 Å². The van der Waals surface area contributed by atoms with Crippen molar-refractivity contribution in [3.8, 4) is 0 Å². The van der Waals surface area contributed by atoms with Gasteiger partial charge in [0.2, 0.25) is 5.91 Å². The predicted molar refractivity (Wildman–Crippen MR) is 108 cm³/mol. The Morgan fingerprint density at radius 2 is 1.88 bits per heavy atom. The number of hydrogen-bond acceptors (Lipinski definition) is 2. The minimum atomic E-state index is 0.154. The summed E-state index contributed by atoms with van der Waals surface area (Å²) in [5, 5.41) is 6.23. The molecule has 1 amide bonds. The molecule has 1 heterocycles. The molecule has 0 bridgehead atoms. The molecule has 1 aromatic carbocycles. The van der Waals surface area contributed by atoms with Gasteiger partial charge in [0.1, 0.15) is 0 Å². The SMILES string of the molecule is CN=C(NCCCCCc1ccccc1)N1CCC(CC(=O)NC)CC1. The number of aliphatic imine (C=N–C) groups is 1. The van der Waals surface area contributed by atoms with Crippen molar-refractivity contribution in [2.45, 2.75) is 44.9 Å². The van der Waals surface area contributed by atoms with Crippen molar-refractivity contribution in [1.29, 1.82) is 0 Å². The minimum Gasteiger partial charge on any atom is -0.359 e. The van der Waals surface area contributed by atoms with E-state index in [9.17, 15) is 4.79 Å². The Labute approximate surface area is 158 Å². The van der Waals surface area contributed by atoms with Crippen molar-refractivity contribution in [2.24, 2.45) is 10.9 Å². The van der Waals surface area contributed by atoms with Crippen molar-refractivity contribution < 1.29 is 4.79 Å². The molecule has 0 spiro atoms. The normalized spacial score (nSPS) is 15.8. The van der Waals surface area contributed by atoms with E-state index in [0.717, 1.165) is 44.9 Å². The maximum Gasteiger partial charge on any atom is 0.220 e. The first-order valence-electron chi connectivity index (χ1n) is 9.93. The molecule has 26 heavy (non-hydrogen) atoms. The molecule has 0 saturated carbocycles. The highest BCUT2D eigenvalue weighted by atomic mass is 16.1. The Hall–Kier alpha value is -2.04. The summed E-state index contributed by atoms with van der Waals surface area (Å²) in [6.07, 6.45) is 7.56. The quantitative estimate of drug-likeness (QED) is 0.427. The van der Waals surface area contributed by atoms with Gasteiger partial charge in [0.15, 0.2) is 5.96 Å². The van der Waals surface area contributed by atoms with E-state index in [4.69, 9.17) is 0 Å². The molecule has 0 atom stereocenters. The summed E-state index contributed by atoms with van der Waals surface area (Å²) < 4.78 is 0. The van der Waals surface area contributed by atoms with Crippen LogP contribution in [0, 0.1) is 5.92 Å². The highest BCUT2D eigenvalue weighted by Crippen LogP contribution is 2.20. The van der Waals surface area contributed by atoms with Crippen LogP contribution < -0.4 is 10.6 Å². The summed E-state index contributed by atoms with van der Waals surface area (Å²) in [7, 11) is 3.57. The second-order valence-corrected chi connectivity index (χ2v) is 7.08. The van der Waals surface area contributed by atoms with Crippen LogP contribution in [0.25, 0.3) is 0 Å². The third-order valence-electron chi connectivity index (χ3n) is 5.15. The average molecular weight is 359 g/mol. The molecule has 1 aromatic rings. The van der Waals surface area contributed by atoms with Gasteiger partial charge in [-0.25, -0.2) is 0 Å². The molecule has 5 heteroatoms. The number of aryl methyl sites for hydroxylation is 1. The molecule has 144 valence electrons. The number of benzene rings is 1. The summed E-state index contributed by atoms with van der Waals surface area (Å²) >= 11 is 0. The van der Waals surface area contributed by atoms with Crippen molar-refractivity contribution in [2.75, 3.05) is 33.7 Å². The maximum absolute atomic E-state index is 11.5. The number of nitrogens with one attached hydrogen (secondary N) is 2. The lowest BCUT2D eigenvalue weighted by molar-refractivity contribution is -0.121. The highest BCUT2D eigenvalue weighted by Gasteiger charge is 2.22. The number of rotatable bonds is 8. The second kappa shape index (κ2) is 11.6. The zero-order valence-corrected chi connectivity index (χ0v) is 16.3. The Morgan fingerprint density at radius 3 is 2.54 bits per heavy atom. The lowest BCUT2D eigenvalue weighted by Gasteiger charge is -2.34. The zero-order chi connectivity index (χ0) is 18.6. The van der Waals surface area contributed by atoms with Gasteiger partial charge in [0, 0.05) is 40.2 Å². The van der Waals surface area contributed by atoms with Gasteiger partial charge >= 0.3 is 0 Å². The van der Waals surface area contributed by atoms with Crippen LogP contribution in [-0.4, -0.2) is 50.5 Å². The second-order valence-electron chi connectivity index (χ2n) is 7.08. The monoisotopic (exact) mass is 358 g/mol. The molecule has 1 aliphatic heterocycles. The van der Waals surface area contributed by atoms with Gasteiger partial charge in [0.25, 0.3) is 0 Å². The number of nitrogens with zero attached hydrogens (tertiary/aromatic N) is 2. The number of unbranched alkanes of at least 4 members (excludes halogenated alkanes) is 2. The predicted octanol–water partition coefficient (Wildman–Crippen LogP) is 2.82. The molecule has 0 aliphatic carbocycles. The number of amides is 1. The number of guanidine groups is 1. The third kappa shape index (κ3) is 7.06. The van der Waals surface area contributed by atoms with Crippen LogP contribution in [0.1, 0.15) is 44.1 Å². The van der Waals surface area contributed by atoms with Crippen molar-refractivity contribution in [3.05, 3.63) is 35.9 Å². The summed E-state index contributed by atoms with van der Waals surface area (Å²) in [6, 6.07) is 10.7. The maximum atomic E-state index is 11.5. The van der Waals surface area contributed by atoms with Crippen LogP contribution in [0.5, 0.6) is 0 Å². The fourth-order valence-corrected chi connectivity index (χ4v) is 3.52. The largest absolute Gasteiger partial charge is 0.359 e. The summed E-state index contributed by atoms with van der Waals surface area (Å²) in [5.74, 6) is 1.66. The van der Waals surface area contributed by atoms with Gasteiger partial charge < -0.3 is 15.5 Å². The average Bonchev–Trinajstić information content (AvgIpc) is 2.69. The van der Waals surface area contributed by atoms with E-state index in [1.54, 1.807) is 7.05 Å². The van der Waals surface area contributed by atoms with Crippen LogP contribution in [0.4, 0.5) is 0 Å². The minimum absolute atomic E-state index is 0.154. The van der Waals surface area contributed by atoms with E-state index < -0.39 is 0 Å². The zero-order valence-electron chi connectivity index (χ0n) is 16.3. The Kier molecular flexibility index (Phi) is 9.01. The van der Waals surface area contributed by atoms with Crippen LogP contribution in [-0.2, 0) is 11.2 Å². The van der Waals surface area contributed by atoms with Crippen LogP contribution >= 0.6 is 0 Å².